The molecule has 0 saturated carbocycles. The summed E-state index contributed by atoms with van der Waals surface area (Å²) >= 11 is 0. The molecule has 74 valence electrons. The molecule has 0 saturated heterocycles. The second-order valence-electron chi connectivity index (χ2n) is 3.56. The van der Waals surface area contributed by atoms with Crippen molar-refractivity contribution in [2.75, 3.05) is 0 Å². The van der Waals surface area contributed by atoms with Gasteiger partial charge in [-0.3, -0.25) is 4.68 Å². The van der Waals surface area contributed by atoms with Crippen LogP contribution in [0.2, 0.25) is 0 Å². The molecular weight excluding hydrogens is 168 g/mol. The lowest BCUT2D eigenvalue weighted by molar-refractivity contribution is -0.0135. The summed E-state index contributed by atoms with van der Waals surface area (Å²) in [6.45, 7) is 3.73. The van der Waals surface area contributed by atoms with Gasteiger partial charge >= 0.3 is 0 Å². The lowest BCUT2D eigenvalue weighted by Gasteiger charge is -2.20. The Hall–Kier alpha value is -0.870. The Morgan fingerprint density at radius 3 is 2.38 bits per heavy atom. The third kappa shape index (κ3) is 2.08. The maximum atomic E-state index is 9.72. The molecule has 0 radical (unpaired) electrons. The highest BCUT2D eigenvalue weighted by molar-refractivity contribution is 5.06. The third-order valence-corrected chi connectivity index (χ3v) is 2.17. The van der Waals surface area contributed by atoms with Crippen LogP contribution in [0.1, 0.15) is 25.6 Å². The van der Waals surface area contributed by atoms with Gasteiger partial charge in [-0.1, -0.05) is 13.8 Å². The lowest BCUT2D eigenvalue weighted by Crippen LogP contribution is -2.25. The molecule has 0 aromatic carbocycles. The lowest BCUT2D eigenvalue weighted by atomic mass is 10.00. The van der Waals surface area contributed by atoms with E-state index in [4.69, 9.17) is 0 Å². The molecule has 0 aliphatic heterocycles. The number of hydrogen-bond acceptors (Lipinski definition) is 3. The van der Waals surface area contributed by atoms with Crippen LogP contribution < -0.4 is 0 Å². The smallest absolute Gasteiger partial charge is 0.122 e. The molecule has 0 fully saturated rings. The fourth-order valence-electron chi connectivity index (χ4n) is 1.21. The van der Waals surface area contributed by atoms with Crippen molar-refractivity contribution in [1.82, 2.24) is 9.78 Å². The normalized spacial score (nSPS) is 16.2. The minimum atomic E-state index is -0.854. The zero-order valence-corrected chi connectivity index (χ0v) is 8.18. The Morgan fingerprint density at radius 2 is 2.00 bits per heavy atom. The third-order valence-electron chi connectivity index (χ3n) is 2.17. The average Bonchev–Trinajstić information content (AvgIpc) is 2.48. The number of aliphatic hydroxyl groups excluding tert-OH is 2. The van der Waals surface area contributed by atoms with E-state index in [2.05, 4.69) is 5.10 Å². The summed E-state index contributed by atoms with van der Waals surface area (Å²) in [5.74, 6) is 0.0323. The van der Waals surface area contributed by atoms with Crippen molar-refractivity contribution in [3.63, 3.8) is 0 Å². The standard InChI is InChI=1S/C9H16N2O2/c1-6(2)8(12)9(13)7-4-5-10-11(7)3/h4-6,8-9,12-13H,1-3H3. The molecule has 13 heavy (non-hydrogen) atoms. The van der Waals surface area contributed by atoms with Crippen LogP contribution in [0, 0.1) is 5.92 Å². The maximum absolute atomic E-state index is 9.72. The van der Waals surface area contributed by atoms with Crippen LogP contribution in [0.4, 0.5) is 0 Å². The second kappa shape index (κ2) is 3.89. The summed E-state index contributed by atoms with van der Waals surface area (Å²) in [5.41, 5.74) is 0.640. The van der Waals surface area contributed by atoms with E-state index >= 15 is 0 Å². The maximum Gasteiger partial charge on any atom is 0.122 e. The quantitative estimate of drug-likeness (QED) is 0.718. The van der Waals surface area contributed by atoms with Gasteiger partial charge in [0.1, 0.15) is 6.10 Å². The van der Waals surface area contributed by atoms with Crippen LogP contribution in [-0.4, -0.2) is 26.1 Å². The molecule has 1 aromatic heterocycles. The SMILES string of the molecule is CC(C)C(O)C(O)c1ccnn1C. The first-order chi connectivity index (χ1) is 6.04. The van der Waals surface area contributed by atoms with Crippen molar-refractivity contribution < 1.29 is 10.2 Å². The molecule has 1 aromatic rings. The van der Waals surface area contributed by atoms with Crippen molar-refractivity contribution in [1.29, 1.82) is 0 Å². The summed E-state index contributed by atoms with van der Waals surface area (Å²) < 4.78 is 1.57. The van der Waals surface area contributed by atoms with Gasteiger partial charge in [-0.25, -0.2) is 0 Å². The van der Waals surface area contributed by atoms with Crippen LogP contribution in [0.25, 0.3) is 0 Å². The molecule has 1 heterocycles. The highest BCUT2D eigenvalue weighted by Crippen LogP contribution is 2.20. The van der Waals surface area contributed by atoms with E-state index < -0.39 is 12.2 Å². The zero-order chi connectivity index (χ0) is 10.0. The van der Waals surface area contributed by atoms with E-state index in [1.807, 2.05) is 13.8 Å². The molecule has 4 heteroatoms. The monoisotopic (exact) mass is 184 g/mol. The molecule has 2 unspecified atom stereocenters. The van der Waals surface area contributed by atoms with Gasteiger partial charge in [-0.15, -0.1) is 0 Å². The Labute approximate surface area is 77.8 Å². The largest absolute Gasteiger partial charge is 0.390 e. The van der Waals surface area contributed by atoms with Crippen LogP contribution in [0.5, 0.6) is 0 Å². The van der Waals surface area contributed by atoms with Crippen molar-refractivity contribution in [3.8, 4) is 0 Å². The second-order valence-corrected chi connectivity index (χ2v) is 3.56. The Balaban J connectivity index is 2.79. The van der Waals surface area contributed by atoms with E-state index in [0.29, 0.717) is 5.69 Å². The van der Waals surface area contributed by atoms with Crippen molar-refractivity contribution in [2.24, 2.45) is 13.0 Å². The molecule has 4 nitrogen and oxygen atoms in total. The number of hydrogen-bond donors (Lipinski definition) is 2. The van der Waals surface area contributed by atoms with Gasteiger partial charge in [0.05, 0.1) is 11.8 Å². The number of aromatic nitrogens is 2. The average molecular weight is 184 g/mol. The number of rotatable bonds is 3. The fourth-order valence-corrected chi connectivity index (χ4v) is 1.21. The van der Waals surface area contributed by atoms with Gasteiger partial charge in [-0.2, -0.15) is 5.10 Å². The minimum absolute atomic E-state index is 0.0323. The highest BCUT2D eigenvalue weighted by atomic mass is 16.3. The molecule has 1 rings (SSSR count). The summed E-state index contributed by atoms with van der Waals surface area (Å²) in [5, 5.41) is 23.2. The van der Waals surface area contributed by atoms with Crippen molar-refractivity contribution in [2.45, 2.75) is 26.1 Å². The molecule has 0 bridgehead atoms. The van der Waals surface area contributed by atoms with Gasteiger partial charge in [0, 0.05) is 13.2 Å². The molecule has 0 aliphatic rings. The summed E-state index contributed by atoms with van der Waals surface area (Å²) in [6, 6.07) is 1.70. The van der Waals surface area contributed by atoms with E-state index in [0.717, 1.165) is 0 Å². The van der Waals surface area contributed by atoms with Crippen LogP contribution >= 0.6 is 0 Å². The first-order valence-electron chi connectivity index (χ1n) is 4.38. The fraction of sp³-hybridized carbons (Fsp3) is 0.667. The van der Waals surface area contributed by atoms with Crippen LogP contribution in [0.15, 0.2) is 12.3 Å². The first kappa shape index (κ1) is 10.2. The van der Waals surface area contributed by atoms with Gasteiger partial charge in [-0.05, 0) is 12.0 Å². The summed E-state index contributed by atoms with van der Waals surface area (Å²) in [7, 11) is 1.74. The molecule has 2 atom stereocenters. The van der Waals surface area contributed by atoms with E-state index in [1.165, 1.54) is 0 Å². The van der Waals surface area contributed by atoms with E-state index in [1.54, 1.807) is 24.0 Å². The van der Waals surface area contributed by atoms with Gasteiger partial charge < -0.3 is 10.2 Å². The van der Waals surface area contributed by atoms with Gasteiger partial charge in [0.2, 0.25) is 0 Å². The Bertz CT molecular complexity index is 270. The summed E-state index contributed by atoms with van der Waals surface area (Å²) in [6.07, 6.45) is 0.00824. The topological polar surface area (TPSA) is 58.3 Å². The predicted molar refractivity (Wildman–Crippen MR) is 49.0 cm³/mol. The van der Waals surface area contributed by atoms with Crippen molar-refractivity contribution >= 4 is 0 Å². The van der Waals surface area contributed by atoms with Crippen molar-refractivity contribution in [3.05, 3.63) is 18.0 Å². The van der Waals surface area contributed by atoms with Gasteiger partial charge in [0.15, 0.2) is 0 Å². The molecular formula is C9H16N2O2. The number of aliphatic hydroxyl groups is 2. The molecule has 2 N–H and O–H groups in total. The highest BCUT2D eigenvalue weighted by Gasteiger charge is 2.23. The number of aryl methyl sites for hydroxylation is 1. The minimum Gasteiger partial charge on any atom is -0.390 e. The predicted octanol–water partition coefficient (Wildman–Crippen LogP) is 0.470. The van der Waals surface area contributed by atoms with Gasteiger partial charge in [0.25, 0.3) is 0 Å². The first-order valence-corrected chi connectivity index (χ1v) is 4.38. The van der Waals surface area contributed by atoms with E-state index in [-0.39, 0.29) is 5.92 Å². The molecule has 0 aliphatic carbocycles. The van der Waals surface area contributed by atoms with Crippen LogP contribution in [0.3, 0.4) is 0 Å². The zero-order valence-electron chi connectivity index (χ0n) is 8.18. The Kier molecular flexibility index (Phi) is 3.06. The number of nitrogens with zero attached hydrogens (tertiary/aromatic N) is 2. The Morgan fingerprint density at radius 1 is 1.38 bits per heavy atom. The van der Waals surface area contributed by atoms with E-state index in [9.17, 15) is 10.2 Å². The summed E-state index contributed by atoms with van der Waals surface area (Å²) in [4.78, 5) is 0. The molecule has 0 spiro atoms. The van der Waals surface area contributed by atoms with Crippen LogP contribution in [-0.2, 0) is 7.05 Å². The molecule has 0 amide bonds.